The number of hydrogen-bond donors (Lipinski definition) is 0. The van der Waals surface area contributed by atoms with Crippen LogP contribution in [0.1, 0.15) is 70.6 Å². The Morgan fingerprint density at radius 1 is 0.842 bits per heavy atom. The second-order valence-electron chi connectivity index (χ2n) is 4.95. The van der Waals surface area contributed by atoms with Crippen LogP contribution in [0.15, 0.2) is 12.7 Å². The summed E-state index contributed by atoms with van der Waals surface area (Å²) in [6, 6.07) is 0. The number of alkyl halides is 1. The fourth-order valence-electron chi connectivity index (χ4n) is 2.02. The molecule has 0 fully saturated rings. The minimum Gasteiger partial charge on any atom is -0.463 e. The fourth-order valence-corrected chi connectivity index (χ4v) is 2.02. The molecule has 2 nitrogen and oxygen atoms in total. The summed E-state index contributed by atoms with van der Waals surface area (Å²) in [7, 11) is 0. The molecule has 19 heavy (non-hydrogen) atoms. The van der Waals surface area contributed by atoms with E-state index < -0.39 is 0 Å². The first kappa shape index (κ1) is 18.1. The van der Waals surface area contributed by atoms with Crippen molar-refractivity contribution in [1.82, 2.24) is 0 Å². The van der Waals surface area contributed by atoms with Gasteiger partial charge in [-0.3, -0.25) is 4.39 Å². The normalized spacial score (nSPS) is 10.4. The van der Waals surface area contributed by atoms with Crippen molar-refractivity contribution in [3.8, 4) is 0 Å². The van der Waals surface area contributed by atoms with Gasteiger partial charge >= 0.3 is 5.97 Å². The number of unbranched alkanes of at least 4 members (excludes halogenated alkanes) is 10. The van der Waals surface area contributed by atoms with Gasteiger partial charge in [0.05, 0.1) is 13.3 Å². The third kappa shape index (κ3) is 15.1. The van der Waals surface area contributed by atoms with Crippen LogP contribution in [0.25, 0.3) is 0 Å². The second kappa shape index (κ2) is 15.2. The molecule has 0 radical (unpaired) electrons. The van der Waals surface area contributed by atoms with E-state index in [0.29, 0.717) is 6.61 Å². The average Bonchev–Trinajstić information content (AvgIpc) is 2.43. The SMILES string of the molecule is C=CC(=O)OCCCCCCCCCCCCCF. The van der Waals surface area contributed by atoms with E-state index >= 15 is 0 Å². The largest absolute Gasteiger partial charge is 0.463 e. The fraction of sp³-hybridized carbons (Fsp3) is 0.812. The number of ether oxygens (including phenoxy) is 1. The van der Waals surface area contributed by atoms with Crippen LogP contribution >= 0.6 is 0 Å². The zero-order valence-electron chi connectivity index (χ0n) is 12.2. The summed E-state index contributed by atoms with van der Waals surface area (Å²) >= 11 is 0. The van der Waals surface area contributed by atoms with E-state index in [-0.39, 0.29) is 12.6 Å². The Balaban J connectivity index is 2.99. The molecule has 0 spiro atoms. The first-order valence-corrected chi connectivity index (χ1v) is 7.66. The molecule has 0 N–H and O–H groups in total. The molecule has 0 saturated heterocycles. The number of carbonyl (C=O) groups excluding carboxylic acids is 1. The van der Waals surface area contributed by atoms with Gasteiger partial charge in [0.25, 0.3) is 0 Å². The van der Waals surface area contributed by atoms with Crippen molar-refractivity contribution in [2.45, 2.75) is 70.6 Å². The van der Waals surface area contributed by atoms with Crippen LogP contribution in [0, 0.1) is 0 Å². The highest BCUT2D eigenvalue weighted by atomic mass is 19.1. The monoisotopic (exact) mass is 272 g/mol. The minimum atomic E-state index is -0.326. The Bertz CT molecular complexity index is 217. The maximum Gasteiger partial charge on any atom is 0.330 e. The van der Waals surface area contributed by atoms with Crippen LogP contribution in [0.3, 0.4) is 0 Å². The first-order chi connectivity index (χ1) is 9.31. The Morgan fingerprint density at radius 3 is 1.68 bits per heavy atom. The molecule has 0 atom stereocenters. The molecule has 0 saturated carbocycles. The smallest absolute Gasteiger partial charge is 0.330 e. The van der Waals surface area contributed by atoms with Crippen molar-refractivity contribution in [3.05, 3.63) is 12.7 Å². The second-order valence-corrected chi connectivity index (χ2v) is 4.95. The molecule has 112 valence electrons. The van der Waals surface area contributed by atoms with Gasteiger partial charge in [-0.25, -0.2) is 4.79 Å². The molecular weight excluding hydrogens is 243 g/mol. The van der Waals surface area contributed by atoms with E-state index in [1.54, 1.807) is 0 Å². The predicted molar refractivity (Wildman–Crippen MR) is 77.9 cm³/mol. The van der Waals surface area contributed by atoms with Gasteiger partial charge in [-0.05, 0) is 12.8 Å². The number of esters is 1. The summed E-state index contributed by atoms with van der Waals surface area (Å²) < 4.78 is 16.7. The van der Waals surface area contributed by atoms with Crippen LogP contribution in [-0.4, -0.2) is 19.3 Å². The van der Waals surface area contributed by atoms with E-state index in [9.17, 15) is 9.18 Å². The molecule has 0 aromatic carbocycles. The maximum atomic E-state index is 11.8. The van der Waals surface area contributed by atoms with E-state index in [1.165, 1.54) is 51.0 Å². The van der Waals surface area contributed by atoms with Crippen molar-refractivity contribution in [1.29, 1.82) is 0 Å². The van der Waals surface area contributed by atoms with Crippen LogP contribution in [0.4, 0.5) is 4.39 Å². The van der Waals surface area contributed by atoms with Crippen molar-refractivity contribution in [2.24, 2.45) is 0 Å². The number of carbonyl (C=O) groups is 1. The molecule has 0 amide bonds. The third-order valence-corrected chi connectivity index (χ3v) is 3.19. The van der Waals surface area contributed by atoms with Crippen LogP contribution < -0.4 is 0 Å². The molecule has 0 unspecified atom stereocenters. The molecule has 0 rings (SSSR count). The molecule has 0 aliphatic heterocycles. The van der Waals surface area contributed by atoms with Crippen molar-refractivity contribution >= 4 is 5.97 Å². The van der Waals surface area contributed by atoms with Gasteiger partial charge in [0, 0.05) is 6.08 Å². The third-order valence-electron chi connectivity index (χ3n) is 3.19. The summed E-state index contributed by atoms with van der Waals surface area (Å²) in [5, 5.41) is 0. The van der Waals surface area contributed by atoms with Gasteiger partial charge in [-0.15, -0.1) is 0 Å². The van der Waals surface area contributed by atoms with E-state index in [2.05, 4.69) is 6.58 Å². The highest BCUT2D eigenvalue weighted by Gasteiger charge is 1.96. The lowest BCUT2D eigenvalue weighted by atomic mass is 10.1. The maximum absolute atomic E-state index is 11.8. The Hall–Kier alpha value is -0.860. The summed E-state index contributed by atoms with van der Waals surface area (Å²) in [4.78, 5) is 10.8. The topological polar surface area (TPSA) is 26.3 Å². The van der Waals surface area contributed by atoms with Gasteiger partial charge in [0.2, 0.25) is 0 Å². The highest BCUT2D eigenvalue weighted by Crippen LogP contribution is 2.11. The molecule has 0 aromatic rings. The lowest BCUT2D eigenvalue weighted by molar-refractivity contribution is -0.137. The molecule has 0 bridgehead atoms. The van der Waals surface area contributed by atoms with Crippen LogP contribution in [-0.2, 0) is 9.53 Å². The number of hydrogen-bond acceptors (Lipinski definition) is 2. The Labute approximate surface area is 117 Å². The lowest BCUT2D eigenvalue weighted by Gasteiger charge is -2.03. The van der Waals surface area contributed by atoms with Gasteiger partial charge < -0.3 is 4.74 Å². The molecular formula is C16H29FO2. The van der Waals surface area contributed by atoms with Gasteiger partial charge in [0.1, 0.15) is 0 Å². The first-order valence-electron chi connectivity index (χ1n) is 7.66. The summed E-state index contributed by atoms with van der Waals surface area (Å²) in [6.45, 7) is 3.70. The molecule has 0 aliphatic carbocycles. The molecule has 0 aliphatic rings. The number of rotatable bonds is 14. The highest BCUT2D eigenvalue weighted by molar-refractivity contribution is 5.81. The van der Waals surface area contributed by atoms with E-state index in [0.717, 1.165) is 25.7 Å². The van der Waals surface area contributed by atoms with Crippen LogP contribution in [0.5, 0.6) is 0 Å². The zero-order valence-corrected chi connectivity index (χ0v) is 12.2. The van der Waals surface area contributed by atoms with Crippen molar-refractivity contribution in [3.63, 3.8) is 0 Å². The van der Waals surface area contributed by atoms with Crippen molar-refractivity contribution < 1.29 is 13.9 Å². The molecule has 0 heterocycles. The Morgan fingerprint density at radius 2 is 1.26 bits per heavy atom. The minimum absolute atomic E-state index is 0.165. The predicted octanol–water partition coefficient (Wildman–Crippen LogP) is 4.98. The quantitative estimate of drug-likeness (QED) is 0.253. The standard InChI is InChI=1S/C16H29FO2/c1-2-16(18)19-15-13-11-9-7-5-3-4-6-8-10-12-14-17/h2H,1,3-15H2. The summed E-state index contributed by atoms with van der Waals surface area (Å²) in [5.74, 6) is -0.326. The van der Waals surface area contributed by atoms with Crippen LogP contribution in [0.2, 0.25) is 0 Å². The Kier molecular flexibility index (Phi) is 14.5. The van der Waals surface area contributed by atoms with E-state index in [4.69, 9.17) is 4.74 Å². The van der Waals surface area contributed by atoms with Gasteiger partial charge in [-0.2, -0.15) is 0 Å². The van der Waals surface area contributed by atoms with Gasteiger partial charge in [-0.1, -0.05) is 64.4 Å². The lowest BCUT2D eigenvalue weighted by Crippen LogP contribution is -2.01. The molecule has 0 aromatic heterocycles. The van der Waals surface area contributed by atoms with E-state index in [1.807, 2.05) is 0 Å². The van der Waals surface area contributed by atoms with Gasteiger partial charge in [0.15, 0.2) is 0 Å². The summed E-state index contributed by atoms with van der Waals surface area (Å²) in [5.41, 5.74) is 0. The number of halogens is 1. The molecule has 3 heteroatoms. The average molecular weight is 272 g/mol. The summed E-state index contributed by atoms with van der Waals surface area (Å²) in [6.07, 6.45) is 13.8. The zero-order chi connectivity index (χ0) is 14.2. The van der Waals surface area contributed by atoms with Crippen molar-refractivity contribution in [2.75, 3.05) is 13.3 Å².